The third-order valence-electron chi connectivity index (χ3n) is 3.20. The smallest absolute Gasteiger partial charge is 0.123 e. The van der Waals surface area contributed by atoms with Crippen LogP contribution in [0.1, 0.15) is 38.3 Å². The van der Waals surface area contributed by atoms with Crippen molar-refractivity contribution < 1.29 is 4.39 Å². The molecule has 0 aliphatic heterocycles. The highest BCUT2D eigenvalue weighted by Crippen LogP contribution is 2.41. The van der Waals surface area contributed by atoms with E-state index >= 15 is 0 Å². The van der Waals surface area contributed by atoms with E-state index in [0.29, 0.717) is 5.92 Å². The van der Waals surface area contributed by atoms with Crippen LogP contribution in [-0.4, -0.2) is 5.54 Å². The monoisotopic (exact) mass is 231 g/mol. The minimum absolute atomic E-state index is 0.195. The first kappa shape index (κ1) is 12.1. The van der Waals surface area contributed by atoms with Gasteiger partial charge in [0.1, 0.15) is 5.82 Å². The van der Waals surface area contributed by atoms with E-state index in [1.165, 1.54) is 25.0 Å². The van der Waals surface area contributed by atoms with Crippen molar-refractivity contribution in [2.75, 3.05) is 0 Å². The molecule has 1 aliphatic rings. The summed E-state index contributed by atoms with van der Waals surface area (Å²) < 4.78 is 12.9. The Kier molecular flexibility index (Phi) is 3.22. The molecule has 1 fully saturated rings. The Morgan fingerprint density at radius 2 is 1.94 bits per heavy atom. The second-order valence-corrected chi connectivity index (χ2v) is 5.28. The van der Waals surface area contributed by atoms with Crippen LogP contribution in [0.5, 0.6) is 0 Å². The number of benzene rings is 1. The highest BCUT2D eigenvalue weighted by atomic mass is 19.1. The normalized spacial score (nSPS) is 17.5. The summed E-state index contributed by atoms with van der Waals surface area (Å²) in [7, 11) is 0. The first-order chi connectivity index (χ1) is 8.02. The highest BCUT2D eigenvalue weighted by molar-refractivity contribution is 5.24. The molecule has 1 aromatic rings. The number of rotatable bonds is 4. The second kappa shape index (κ2) is 4.50. The topological polar surface area (TPSA) is 12.0 Å². The van der Waals surface area contributed by atoms with Crippen LogP contribution in [-0.2, 0) is 0 Å². The highest BCUT2D eigenvalue weighted by Gasteiger charge is 2.34. The number of terminal acetylenes is 1. The molecule has 1 aromatic carbocycles. The van der Waals surface area contributed by atoms with Gasteiger partial charge in [-0.05, 0) is 50.3 Å². The van der Waals surface area contributed by atoms with Crippen molar-refractivity contribution in [3.8, 4) is 12.3 Å². The largest absolute Gasteiger partial charge is 0.294 e. The van der Waals surface area contributed by atoms with Gasteiger partial charge in [0.25, 0.3) is 0 Å². The van der Waals surface area contributed by atoms with Gasteiger partial charge in [0.2, 0.25) is 0 Å². The average molecular weight is 231 g/mol. The quantitative estimate of drug-likeness (QED) is 0.784. The second-order valence-electron chi connectivity index (χ2n) is 5.28. The zero-order valence-electron chi connectivity index (χ0n) is 10.3. The molecule has 1 saturated carbocycles. The number of hydrogen-bond acceptors (Lipinski definition) is 1. The summed E-state index contributed by atoms with van der Waals surface area (Å²) in [6.45, 7) is 3.98. The lowest BCUT2D eigenvalue weighted by Crippen LogP contribution is -2.41. The van der Waals surface area contributed by atoms with Gasteiger partial charge in [0, 0.05) is 6.04 Å². The van der Waals surface area contributed by atoms with E-state index < -0.39 is 0 Å². The first-order valence-corrected chi connectivity index (χ1v) is 6.03. The van der Waals surface area contributed by atoms with Crippen molar-refractivity contribution in [1.82, 2.24) is 5.32 Å². The van der Waals surface area contributed by atoms with Crippen molar-refractivity contribution in [1.29, 1.82) is 0 Å². The fourth-order valence-electron chi connectivity index (χ4n) is 2.00. The van der Waals surface area contributed by atoms with Gasteiger partial charge in [0.05, 0.1) is 5.54 Å². The summed E-state index contributed by atoms with van der Waals surface area (Å²) in [6, 6.07) is 6.95. The van der Waals surface area contributed by atoms with E-state index in [1.54, 1.807) is 0 Å². The van der Waals surface area contributed by atoms with Crippen LogP contribution in [0.15, 0.2) is 24.3 Å². The van der Waals surface area contributed by atoms with Crippen LogP contribution in [0.3, 0.4) is 0 Å². The molecule has 2 rings (SSSR count). The lowest BCUT2D eigenvalue weighted by molar-refractivity contribution is 0.381. The molecule has 0 bridgehead atoms. The summed E-state index contributed by atoms with van der Waals surface area (Å²) in [5, 5.41) is 3.48. The Morgan fingerprint density at radius 1 is 1.35 bits per heavy atom. The predicted octanol–water partition coefficient (Wildman–Crippen LogP) is 3.28. The molecule has 2 heteroatoms. The Balaban J connectivity index is 2.18. The summed E-state index contributed by atoms with van der Waals surface area (Å²) >= 11 is 0. The molecule has 1 N–H and O–H groups in total. The van der Waals surface area contributed by atoms with Crippen molar-refractivity contribution in [2.24, 2.45) is 5.92 Å². The fraction of sp³-hybridized carbons (Fsp3) is 0.467. The van der Waals surface area contributed by atoms with Crippen LogP contribution in [0, 0.1) is 24.1 Å². The van der Waals surface area contributed by atoms with Crippen LogP contribution in [0.4, 0.5) is 4.39 Å². The van der Waals surface area contributed by atoms with Crippen molar-refractivity contribution in [2.45, 2.75) is 38.3 Å². The standard InChI is InChI=1S/C15H18FN/c1-4-15(2,3)17-14(11-5-6-11)12-7-9-13(16)10-8-12/h1,7-11,14,17H,5-6H2,2-3H3. The third kappa shape index (κ3) is 3.08. The summed E-state index contributed by atoms with van der Waals surface area (Å²) in [5.74, 6) is 3.19. The minimum atomic E-state index is -0.332. The Hall–Kier alpha value is -1.33. The van der Waals surface area contributed by atoms with Gasteiger partial charge >= 0.3 is 0 Å². The lowest BCUT2D eigenvalue weighted by Gasteiger charge is -2.28. The molecular formula is C15H18FN. The van der Waals surface area contributed by atoms with Gasteiger partial charge in [-0.3, -0.25) is 5.32 Å². The molecule has 0 heterocycles. The maximum absolute atomic E-state index is 12.9. The zero-order chi connectivity index (χ0) is 12.5. The SMILES string of the molecule is C#CC(C)(C)NC(c1ccc(F)cc1)C1CC1. The lowest BCUT2D eigenvalue weighted by atomic mass is 9.97. The van der Waals surface area contributed by atoms with Crippen molar-refractivity contribution in [3.05, 3.63) is 35.6 Å². The zero-order valence-corrected chi connectivity index (χ0v) is 10.3. The van der Waals surface area contributed by atoms with Crippen molar-refractivity contribution >= 4 is 0 Å². The third-order valence-corrected chi connectivity index (χ3v) is 3.20. The van der Waals surface area contributed by atoms with Crippen LogP contribution < -0.4 is 5.32 Å². The summed E-state index contributed by atoms with van der Waals surface area (Å²) in [4.78, 5) is 0. The molecule has 0 aromatic heterocycles. The molecule has 1 nitrogen and oxygen atoms in total. The van der Waals surface area contributed by atoms with Gasteiger partial charge in [-0.25, -0.2) is 4.39 Å². The Labute approximate surface area is 102 Å². The van der Waals surface area contributed by atoms with Gasteiger partial charge in [-0.15, -0.1) is 6.42 Å². The molecule has 0 radical (unpaired) electrons. The number of halogens is 1. The molecule has 0 saturated heterocycles. The molecular weight excluding hydrogens is 213 g/mol. The van der Waals surface area contributed by atoms with E-state index in [-0.39, 0.29) is 17.4 Å². The van der Waals surface area contributed by atoms with Crippen LogP contribution in [0.25, 0.3) is 0 Å². The molecule has 90 valence electrons. The molecule has 1 unspecified atom stereocenters. The maximum Gasteiger partial charge on any atom is 0.123 e. The molecule has 0 spiro atoms. The number of nitrogens with one attached hydrogen (secondary N) is 1. The van der Waals surface area contributed by atoms with E-state index in [0.717, 1.165) is 5.56 Å². The van der Waals surface area contributed by atoms with E-state index in [1.807, 2.05) is 26.0 Å². The molecule has 0 amide bonds. The van der Waals surface area contributed by atoms with Gasteiger partial charge < -0.3 is 0 Å². The maximum atomic E-state index is 12.9. The van der Waals surface area contributed by atoms with E-state index in [2.05, 4.69) is 11.2 Å². The van der Waals surface area contributed by atoms with E-state index in [4.69, 9.17) is 6.42 Å². The molecule has 17 heavy (non-hydrogen) atoms. The van der Waals surface area contributed by atoms with Gasteiger partial charge in [0.15, 0.2) is 0 Å². The van der Waals surface area contributed by atoms with E-state index in [9.17, 15) is 4.39 Å². The molecule has 1 atom stereocenters. The van der Waals surface area contributed by atoms with Crippen LogP contribution >= 0.6 is 0 Å². The molecule has 1 aliphatic carbocycles. The van der Waals surface area contributed by atoms with Gasteiger partial charge in [-0.2, -0.15) is 0 Å². The fourth-order valence-corrected chi connectivity index (χ4v) is 2.00. The Bertz CT molecular complexity index is 423. The van der Waals surface area contributed by atoms with Gasteiger partial charge in [-0.1, -0.05) is 18.1 Å². The average Bonchev–Trinajstić information content (AvgIpc) is 3.11. The minimum Gasteiger partial charge on any atom is -0.294 e. The summed E-state index contributed by atoms with van der Waals surface area (Å²) in [6.07, 6.45) is 7.94. The number of hydrogen-bond donors (Lipinski definition) is 1. The van der Waals surface area contributed by atoms with Crippen LogP contribution in [0.2, 0.25) is 0 Å². The summed E-state index contributed by atoms with van der Waals surface area (Å²) in [5.41, 5.74) is 0.791. The first-order valence-electron chi connectivity index (χ1n) is 6.03. The predicted molar refractivity (Wildman–Crippen MR) is 67.9 cm³/mol. The van der Waals surface area contributed by atoms with Crippen molar-refractivity contribution in [3.63, 3.8) is 0 Å². The Morgan fingerprint density at radius 3 is 2.41 bits per heavy atom.